The Hall–Kier alpha value is -2.13. The maximum atomic E-state index is 6.21. The Morgan fingerprint density at radius 3 is 2.76 bits per heavy atom. The molecule has 0 radical (unpaired) electrons. The van der Waals surface area contributed by atoms with E-state index in [1.54, 1.807) is 0 Å². The van der Waals surface area contributed by atoms with Gasteiger partial charge in [0, 0.05) is 36.6 Å². The lowest BCUT2D eigenvalue weighted by molar-refractivity contribution is 0.513. The molecule has 0 bridgehead atoms. The summed E-state index contributed by atoms with van der Waals surface area (Å²) in [6, 6.07) is 12.6. The largest absolute Gasteiger partial charge is 0.349 e. The van der Waals surface area contributed by atoms with Crippen molar-refractivity contribution >= 4 is 10.9 Å². The first-order valence-corrected chi connectivity index (χ1v) is 7.39. The third kappa shape index (κ3) is 2.83. The smallest absolute Gasteiger partial charge is 0.0751 e. The van der Waals surface area contributed by atoms with Crippen LogP contribution < -0.4 is 5.73 Å². The van der Waals surface area contributed by atoms with Crippen molar-refractivity contribution in [2.24, 2.45) is 11.7 Å². The molecule has 2 aromatic heterocycles. The first-order chi connectivity index (χ1) is 10.1. The van der Waals surface area contributed by atoms with Crippen molar-refractivity contribution in [2.75, 3.05) is 0 Å². The molecule has 2 N–H and O–H groups in total. The van der Waals surface area contributed by atoms with Crippen LogP contribution >= 0.6 is 0 Å². The van der Waals surface area contributed by atoms with E-state index in [4.69, 9.17) is 5.73 Å². The number of nitrogens with two attached hydrogens (primary N) is 1. The van der Waals surface area contributed by atoms with Gasteiger partial charge in [0.05, 0.1) is 5.52 Å². The van der Waals surface area contributed by atoms with Gasteiger partial charge in [0.25, 0.3) is 0 Å². The number of hydrogen-bond donors (Lipinski definition) is 1. The van der Waals surface area contributed by atoms with Crippen molar-refractivity contribution in [3.8, 4) is 0 Å². The van der Waals surface area contributed by atoms with Crippen LogP contribution in [0.5, 0.6) is 0 Å². The third-order valence-corrected chi connectivity index (χ3v) is 3.95. The van der Waals surface area contributed by atoms with Gasteiger partial charge in [-0.15, -0.1) is 0 Å². The van der Waals surface area contributed by atoms with Gasteiger partial charge in [-0.05, 0) is 29.2 Å². The fraction of sp³-hybridized carbons (Fsp3) is 0.278. The van der Waals surface area contributed by atoms with Crippen molar-refractivity contribution < 1.29 is 0 Å². The molecule has 0 aliphatic rings. The van der Waals surface area contributed by atoms with Crippen LogP contribution in [0.4, 0.5) is 0 Å². The minimum atomic E-state index is 0.0943. The van der Waals surface area contributed by atoms with Gasteiger partial charge in [-0.25, -0.2) is 0 Å². The molecule has 1 unspecified atom stereocenters. The average molecular weight is 279 g/mol. The van der Waals surface area contributed by atoms with E-state index in [0.717, 1.165) is 12.1 Å². The molecule has 0 saturated carbocycles. The molecule has 2 heterocycles. The lowest BCUT2D eigenvalue weighted by Gasteiger charge is -2.13. The third-order valence-electron chi connectivity index (χ3n) is 3.95. The van der Waals surface area contributed by atoms with Gasteiger partial charge in [-0.1, -0.05) is 38.1 Å². The van der Waals surface area contributed by atoms with E-state index in [0.29, 0.717) is 5.92 Å². The highest BCUT2D eigenvalue weighted by molar-refractivity contribution is 5.81. The molecule has 0 fully saturated rings. The highest BCUT2D eigenvalue weighted by atomic mass is 14.9. The molecule has 3 heteroatoms. The predicted octanol–water partition coefficient (Wildman–Crippen LogP) is 3.74. The minimum Gasteiger partial charge on any atom is -0.349 e. The number of hydrogen-bond acceptors (Lipinski definition) is 2. The lowest BCUT2D eigenvalue weighted by atomic mass is 10.00. The summed E-state index contributed by atoms with van der Waals surface area (Å²) in [5.74, 6) is 0.445. The van der Waals surface area contributed by atoms with E-state index in [1.807, 2.05) is 12.3 Å². The van der Waals surface area contributed by atoms with E-state index in [1.165, 1.54) is 16.5 Å². The van der Waals surface area contributed by atoms with Gasteiger partial charge in [0.2, 0.25) is 0 Å². The van der Waals surface area contributed by atoms with Crippen LogP contribution in [0.1, 0.15) is 31.0 Å². The Morgan fingerprint density at radius 2 is 1.95 bits per heavy atom. The van der Waals surface area contributed by atoms with Crippen molar-refractivity contribution in [3.05, 3.63) is 66.1 Å². The summed E-state index contributed by atoms with van der Waals surface area (Å²) < 4.78 is 2.18. The van der Waals surface area contributed by atoms with Crippen molar-refractivity contribution in [2.45, 2.75) is 26.4 Å². The Morgan fingerprint density at radius 1 is 1.14 bits per heavy atom. The number of benzene rings is 1. The number of para-hydroxylation sites is 1. The predicted molar refractivity (Wildman–Crippen MR) is 87.0 cm³/mol. The van der Waals surface area contributed by atoms with Crippen molar-refractivity contribution in [1.29, 1.82) is 0 Å². The summed E-state index contributed by atoms with van der Waals surface area (Å²) in [6.45, 7) is 5.12. The molecule has 3 aromatic rings. The van der Waals surface area contributed by atoms with Crippen molar-refractivity contribution in [1.82, 2.24) is 9.55 Å². The summed E-state index contributed by atoms with van der Waals surface area (Å²) >= 11 is 0. The van der Waals surface area contributed by atoms with Gasteiger partial charge in [-0.3, -0.25) is 4.98 Å². The minimum absolute atomic E-state index is 0.0943. The molecule has 0 spiro atoms. The van der Waals surface area contributed by atoms with E-state index >= 15 is 0 Å². The van der Waals surface area contributed by atoms with Crippen LogP contribution in [-0.4, -0.2) is 9.55 Å². The zero-order valence-electron chi connectivity index (χ0n) is 12.5. The lowest BCUT2D eigenvalue weighted by Crippen LogP contribution is -2.15. The summed E-state index contributed by atoms with van der Waals surface area (Å²) in [7, 11) is 0. The number of pyridine rings is 1. The van der Waals surface area contributed by atoms with Crippen LogP contribution in [0.25, 0.3) is 10.9 Å². The number of fused-ring (bicyclic) bond motifs is 1. The van der Waals surface area contributed by atoms with E-state index in [-0.39, 0.29) is 6.04 Å². The monoisotopic (exact) mass is 279 g/mol. The fourth-order valence-corrected chi connectivity index (χ4v) is 2.63. The maximum absolute atomic E-state index is 6.21. The molecule has 21 heavy (non-hydrogen) atoms. The second-order valence-corrected chi connectivity index (χ2v) is 5.88. The van der Waals surface area contributed by atoms with Crippen LogP contribution in [0.3, 0.4) is 0 Å². The molecule has 3 rings (SSSR count). The number of nitrogens with zero attached hydrogens (tertiary/aromatic N) is 2. The second-order valence-electron chi connectivity index (χ2n) is 5.88. The standard InChI is InChI=1S/C18H21N3/c1-13(2)17(19)15-8-10-21(11-15)12-16-6-3-5-14-7-4-9-20-18(14)16/h3-11,13,17H,12,19H2,1-2H3. The first-order valence-electron chi connectivity index (χ1n) is 7.39. The highest BCUT2D eigenvalue weighted by Crippen LogP contribution is 2.21. The summed E-state index contributed by atoms with van der Waals surface area (Å²) in [6.07, 6.45) is 6.09. The molecule has 0 saturated heterocycles. The quantitative estimate of drug-likeness (QED) is 0.790. The average Bonchev–Trinajstić information content (AvgIpc) is 2.95. The SMILES string of the molecule is CC(C)C(N)c1ccn(Cc2cccc3cccnc23)c1. The van der Waals surface area contributed by atoms with E-state index < -0.39 is 0 Å². The van der Waals surface area contributed by atoms with Crippen LogP contribution in [0.2, 0.25) is 0 Å². The van der Waals surface area contributed by atoms with E-state index in [9.17, 15) is 0 Å². The normalized spacial score (nSPS) is 13.0. The second kappa shape index (κ2) is 5.70. The number of aromatic nitrogens is 2. The molecule has 3 nitrogen and oxygen atoms in total. The van der Waals surface area contributed by atoms with Crippen LogP contribution in [0, 0.1) is 5.92 Å². The van der Waals surface area contributed by atoms with Gasteiger partial charge in [-0.2, -0.15) is 0 Å². The van der Waals surface area contributed by atoms with E-state index in [2.05, 4.69) is 66.1 Å². The van der Waals surface area contributed by atoms with Gasteiger partial charge >= 0.3 is 0 Å². The molecule has 1 atom stereocenters. The Kier molecular flexibility index (Phi) is 3.76. The van der Waals surface area contributed by atoms with Gasteiger partial charge < -0.3 is 10.3 Å². The number of rotatable bonds is 4. The fourth-order valence-electron chi connectivity index (χ4n) is 2.63. The van der Waals surface area contributed by atoms with Gasteiger partial charge in [0.1, 0.15) is 0 Å². The first kappa shape index (κ1) is 13.8. The Bertz CT molecular complexity index is 738. The zero-order valence-corrected chi connectivity index (χ0v) is 12.5. The Labute approximate surface area is 125 Å². The van der Waals surface area contributed by atoms with Gasteiger partial charge in [0.15, 0.2) is 0 Å². The zero-order chi connectivity index (χ0) is 14.8. The van der Waals surface area contributed by atoms with Crippen LogP contribution in [-0.2, 0) is 6.54 Å². The molecule has 0 amide bonds. The van der Waals surface area contributed by atoms with Crippen molar-refractivity contribution in [3.63, 3.8) is 0 Å². The molecule has 0 aliphatic carbocycles. The summed E-state index contributed by atoms with van der Waals surface area (Å²) in [5, 5.41) is 1.18. The maximum Gasteiger partial charge on any atom is 0.0751 e. The molecule has 108 valence electrons. The summed E-state index contributed by atoms with van der Waals surface area (Å²) in [5.41, 5.74) is 9.70. The topological polar surface area (TPSA) is 43.8 Å². The highest BCUT2D eigenvalue weighted by Gasteiger charge is 2.12. The Balaban J connectivity index is 1.89. The summed E-state index contributed by atoms with van der Waals surface area (Å²) in [4.78, 5) is 4.51. The molecule has 0 aliphatic heterocycles. The molecular weight excluding hydrogens is 258 g/mol. The molecular formula is C18H21N3. The van der Waals surface area contributed by atoms with Crippen LogP contribution in [0.15, 0.2) is 55.0 Å². The molecule has 1 aromatic carbocycles.